The zero-order chi connectivity index (χ0) is 19.5. The van der Waals surface area contributed by atoms with Crippen LogP contribution >= 0.6 is 0 Å². The summed E-state index contributed by atoms with van der Waals surface area (Å²) in [5, 5.41) is 0. The molecule has 1 amide bonds. The van der Waals surface area contributed by atoms with E-state index in [0.717, 1.165) is 25.9 Å². The molecule has 26 heavy (non-hydrogen) atoms. The monoisotopic (exact) mass is 366 g/mol. The maximum absolute atomic E-state index is 14.0. The van der Waals surface area contributed by atoms with Crippen LogP contribution in [0.3, 0.4) is 0 Å². The fourth-order valence-corrected chi connectivity index (χ4v) is 3.41. The minimum absolute atomic E-state index is 0.137. The van der Waals surface area contributed by atoms with Crippen molar-refractivity contribution in [2.24, 2.45) is 5.41 Å². The second-order valence-corrected chi connectivity index (χ2v) is 7.90. The van der Waals surface area contributed by atoms with Crippen molar-refractivity contribution in [3.63, 3.8) is 0 Å². The summed E-state index contributed by atoms with van der Waals surface area (Å²) in [6.07, 6.45) is 3.06. The summed E-state index contributed by atoms with van der Waals surface area (Å²) >= 11 is 0. The van der Waals surface area contributed by atoms with E-state index in [9.17, 15) is 9.18 Å². The van der Waals surface area contributed by atoms with Gasteiger partial charge in [0.2, 0.25) is 0 Å². The van der Waals surface area contributed by atoms with Gasteiger partial charge in [-0.1, -0.05) is 13.8 Å². The van der Waals surface area contributed by atoms with E-state index in [1.807, 2.05) is 39.5 Å². The minimum Gasteiger partial charge on any atom is -0.444 e. The highest BCUT2D eigenvalue weighted by atomic mass is 19.1. The summed E-state index contributed by atoms with van der Waals surface area (Å²) < 4.78 is 19.4. The van der Waals surface area contributed by atoms with Gasteiger partial charge in [0.05, 0.1) is 11.9 Å². The molecule has 6 nitrogen and oxygen atoms in total. The van der Waals surface area contributed by atoms with Crippen LogP contribution in [0, 0.1) is 11.2 Å². The number of carbonyl (C=O) groups excluding carboxylic acids is 1. The average molecular weight is 366 g/mol. The Kier molecular flexibility index (Phi) is 5.98. The second kappa shape index (κ2) is 7.68. The van der Waals surface area contributed by atoms with Crippen LogP contribution in [0.2, 0.25) is 0 Å². The van der Waals surface area contributed by atoms with Gasteiger partial charge in [0, 0.05) is 37.7 Å². The molecule has 0 bridgehead atoms. The Morgan fingerprint density at radius 3 is 2.35 bits per heavy atom. The summed E-state index contributed by atoms with van der Waals surface area (Å²) in [6, 6.07) is 1.31. The highest BCUT2D eigenvalue weighted by Crippen LogP contribution is 2.41. The quantitative estimate of drug-likeness (QED) is 0.821. The molecule has 1 aromatic heterocycles. The molecule has 3 rings (SSSR count). The fourth-order valence-electron chi connectivity index (χ4n) is 3.41. The molecule has 1 aromatic rings. The summed E-state index contributed by atoms with van der Waals surface area (Å²) in [7, 11) is 0. The van der Waals surface area contributed by atoms with Crippen LogP contribution in [0.4, 0.5) is 20.7 Å². The Labute approximate surface area is 155 Å². The largest absolute Gasteiger partial charge is 0.444 e. The number of pyridine rings is 1. The van der Waals surface area contributed by atoms with Crippen molar-refractivity contribution in [1.29, 1.82) is 0 Å². The van der Waals surface area contributed by atoms with Gasteiger partial charge in [-0.3, -0.25) is 0 Å². The number of nitrogens with zero attached hydrogens (tertiary/aromatic N) is 3. The number of hydrogen-bond donors (Lipinski definition) is 1. The van der Waals surface area contributed by atoms with Crippen LogP contribution in [0.15, 0.2) is 12.3 Å². The number of nitrogen functional groups attached to an aromatic ring is 1. The first-order valence-electron chi connectivity index (χ1n) is 9.31. The van der Waals surface area contributed by atoms with Crippen molar-refractivity contribution in [3.05, 3.63) is 18.1 Å². The summed E-state index contributed by atoms with van der Waals surface area (Å²) in [5.41, 5.74) is 5.54. The van der Waals surface area contributed by atoms with Crippen LogP contribution in [-0.2, 0) is 4.74 Å². The Morgan fingerprint density at radius 2 is 1.85 bits per heavy atom. The highest BCUT2D eigenvalue weighted by Gasteiger charge is 2.48. The van der Waals surface area contributed by atoms with E-state index in [2.05, 4.69) is 4.98 Å². The molecular weight excluding hydrogens is 335 g/mol. The molecule has 0 atom stereocenters. The highest BCUT2D eigenvalue weighted by molar-refractivity contribution is 5.69. The number of amides is 1. The van der Waals surface area contributed by atoms with E-state index in [4.69, 9.17) is 10.5 Å². The van der Waals surface area contributed by atoms with Crippen LogP contribution in [0.1, 0.15) is 47.5 Å². The first-order valence-corrected chi connectivity index (χ1v) is 9.31. The molecule has 0 aliphatic carbocycles. The van der Waals surface area contributed by atoms with E-state index < -0.39 is 5.60 Å². The number of rotatable bonds is 1. The van der Waals surface area contributed by atoms with Crippen LogP contribution in [-0.4, -0.2) is 47.8 Å². The first kappa shape index (κ1) is 20.3. The smallest absolute Gasteiger partial charge is 0.410 e. The van der Waals surface area contributed by atoms with Gasteiger partial charge in [0.15, 0.2) is 11.6 Å². The molecule has 146 valence electrons. The molecule has 2 saturated heterocycles. The topological polar surface area (TPSA) is 71.7 Å². The van der Waals surface area contributed by atoms with Crippen molar-refractivity contribution < 1.29 is 13.9 Å². The standard InChI is InChI=1S/C17H25FN4O2.C2H6/c1-16(2,3)24-15(23)22-10-17(11-22)4-6-21(7-5-17)14-13(18)8-12(19)9-20-14;1-2/h8-9H,4-7,10-11,19H2,1-3H3;1-2H3. The maximum atomic E-state index is 14.0. The Hall–Kier alpha value is -2.05. The third kappa shape index (κ3) is 4.56. The molecule has 1 spiro atoms. The van der Waals surface area contributed by atoms with Gasteiger partial charge in [0.1, 0.15) is 5.60 Å². The van der Waals surface area contributed by atoms with E-state index in [1.54, 1.807) is 4.90 Å². The van der Waals surface area contributed by atoms with Gasteiger partial charge in [-0.2, -0.15) is 0 Å². The maximum Gasteiger partial charge on any atom is 0.410 e. The average Bonchev–Trinajstić information content (AvgIpc) is 2.53. The molecule has 0 unspecified atom stereocenters. The molecule has 7 heteroatoms. The molecule has 0 aromatic carbocycles. The molecule has 2 aliphatic heterocycles. The molecule has 0 radical (unpaired) electrons. The number of nitrogens with two attached hydrogens (primary N) is 1. The van der Waals surface area contributed by atoms with Crippen molar-refractivity contribution >= 4 is 17.6 Å². The van der Waals surface area contributed by atoms with Crippen molar-refractivity contribution in [3.8, 4) is 0 Å². The lowest BCUT2D eigenvalue weighted by atomic mass is 9.72. The number of anilines is 2. The number of ether oxygens (including phenoxy) is 1. The predicted octanol–water partition coefficient (Wildman–Crippen LogP) is 3.67. The van der Waals surface area contributed by atoms with Crippen molar-refractivity contribution in [2.75, 3.05) is 36.8 Å². The Morgan fingerprint density at radius 1 is 1.27 bits per heavy atom. The number of likely N-dealkylation sites (tertiary alicyclic amines) is 1. The normalized spacial score (nSPS) is 18.7. The van der Waals surface area contributed by atoms with Crippen LogP contribution in [0.5, 0.6) is 0 Å². The lowest BCUT2D eigenvalue weighted by Crippen LogP contribution is -2.62. The molecule has 2 fully saturated rings. The SMILES string of the molecule is CC.CC(C)(C)OC(=O)N1CC2(CCN(c3ncc(N)cc3F)CC2)C1. The van der Waals surface area contributed by atoms with Crippen LogP contribution < -0.4 is 10.6 Å². The second-order valence-electron chi connectivity index (χ2n) is 7.90. The van der Waals surface area contributed by atoms with Gasteiger partial charge in [0.25, 0.3) is 0 Å². The van der Waals surface area contributed by atoms with Gasteiger partial charge in [-0.15, -0.1) is 0 Å². The van der Waals surface area contributed by atoms with E-state index >= 15 is 0 Å². The number of piperidine rings is 1. The fraction of sp³-hybridized carbons (Fsp3) is 0.684. The number of hydrogen-bond acceptors (Lipinski definition) is 5. The van der Waals surface area contributed by atoms with E-state index in [1.165, 1.54) is 12.3 Å². The van der Waals surface area contributed by atoms with Gasteiger partial charge >= 0.3 is 6.09 Å². The van der Waals surface area contributed by atoms with E-state index in [0.29, 0.717) is 24.6 Å². The lowest BCUT2D eigenvalue weighted by molar-refractivity contribution is -0.0435. The minimum atomic E-state index is -0.471. The van der Waals surface area contributed by atoms with Gasteiger partial charge in [-0.05, 0) is 33.6 Å². The third-order valence-electron chi connectivity index (χ3n) is 4.67. The summed E-state index contributed by atoms with van der Waals surface area (Å²) in [5.74, 6) is -0.0164. The molecule has 3 heterocycles. The number of carbonyl (C=O) groups is 1. The Bertz CT molecular complexity index is 629. The van der Waals surface area contributed by atoms with Gasteiger partial charge < -0.3 is 20.3 Å². The third-order valence-corrected chi connectivity index (χ3v) is 4.67. The number of aromatic nitrogens is 1. The van der Waals surface area contributed by atoms with Crippen molar-refractivity contribution in [2.45, 2.75) is 53.1 Å². The molecule has 0 saturated carbocycles. The summed E-state index contributed by atoms with van der Waals surface area (Å²) in [6.45, 7) is 12.5. The molecule has 2 N–H and O–H groups in total. The van der Waals surface area contributed by atoms with E-state index in [-0.39, 0.29) is 17.3 Å². The molecular formula is C19H31FN4O2. The summed E-state index contributed by atoms with van der Waals surface area (Å²) in [4.78, 5) is 19.9. The predicted molar refractivity (Wildman–Crippen MR) is 102 cm³/mol. The number of halogens is 1. The lowest BCUT2D eigenvalue weighted by Gasteiger charge is -2.53. The Balaban J connectivity index is 0.00000117. The van der Waals surface area contributed by atoms with Crippen molar-refractivity contribution in [1.82, 2.24) is 9.88 Å². The molecule has 2 aliphatic rings. The first-order chi connectivity index (χ1) is 12.2. The van der Waals surface area contributed by atoms with Crippen LogP contribution in [0.25, 0.3) is 0 Å². The van der Waals surface area contributed by atoms with Gasteiger partial charge in [-0.25, -0.2) is 14.2 Å². The zero-order valence-corrected chi connectivity index (χ0v) is 16.5. The zero-order valence-electron chi connectivity index (χ0n) is 16.5.